The zero-order valence-corrected chi connectivity index (χ0v) is 18.8. The molecule has 2 heterocycles. The largest absolute Gasteiger partial charge is 0.350 e. The Morgan fingerprint density at radius 3 is 2.68 bits per heavy atom. The van der Waals surface area contributed by atoms with Gasteiger partial charge < -0.3 is 4.57 Å². The van der Waals surface area contributed by atoms with E-state index in [2.05, 4.69) is 56.5 Å². The Balaban J connectivity index is 1.47. The lowest BCUT2D eigenvalue weighted by molar-refractivity contribution is -0.118. The maximum absolute atomic E-state index is 12.3. The average molecular weight is 437 g/mol. The molecule has 162 valence electrons. The van der Waals surface area contributed by atoms with Crippen LogP contribution in [0.2, 0.25) is 0 Å². The number of aryl methyl sites for hydroxylation is 2. The monoisotopic (exact) mass is 436 g/mol. The zero-order chi connectivity index (χ0) is 21.6. The lowest BCUT2D eigenvalue weighted by atomic mass is 9.95. The molecule has 0 bridgehead atoms. The summed E-state index contributed by atoms with van der Waals surface area (Å²) in [5, 5.41) is 13.8. The summed E-state index contributed by atoms with van der Waals surface area (Å²) in [7, 11) is 1.93. The molecule has 31 heavy (non-hydrogen) atoms. The van der Waals surface area contributed by atoms with Crippen molar-refractivity contribution in [3.05, 3.63) is 53.9 Å². The fourth-order valence-electron chi connectivity index (χ4n) is 3.88. The molecular weight excluding hydrogens is 408 g/mol. The molecule has 1 aromatic carbocycles. The Morgan fingerprint density at radius 2 is 1.97 bits per heavy atom. The van der Waals surface area contributed by atoms with E-state index in [9.17, 15) is 4.79 Å². The molecule has 4 rings (SSSR count). The Labute approximate surface area is 187 Å². The van der Waals surface area contributed by atoms with Gasteiger partial charge in [-0.15, -0.1) is 10.2 Å². The van der Waals surface area contributed by atoms with Crippen LogP contribution in [0.4, 0.5) is 0 Å². The number of benzene rings is 1. The van der Waals surface area contributed by atoms with Crippen LogP contribution in [0.15, 0.2) is 52.9 Å². The molecule has 8 heteroatoms. The Morgan fingerprint density at radius 1 is 1.19 bits per heavy atom. The second kappa shape index (κ2) is 9.96. The van der Waals surface area contributed by atoms with Crippen LogP contribution in [-0.2, 0) is 11.8 Å². The van der Waals surface area contributed by atoms with Gasteiger partial charge in [0.2, 0.25) is 0 Å². The number of carbonyl (C=O) groups is 1. The van der Waals surface area contributed by atoms with Crippen LogP contribution in [0.25, 0.3) is 11.4 Å². The summed E-state index contributed by atoms with van der Waals surface area (Å²) in [6, 6.07) is 12.6. The molecule has 0 atom stereocenters. The van der Waals surface area contributed by atoms with Crippen molar-refractivity contribution >= 4 is 23.9 Å². The SMILES string of the molecule is Cc1ccc(-c2nnc(SCC(=O)N/N=C/c3cccn3C)n2C2CCCCC2)cc1. The first-order chi connectivity index (χ1) is 15.1. The fraction of sp³-hybridized carbons (Fsp3) is 0.391. The predicted molar refractivity (Wildman–Crippen MR) is 124 cm³/mol. The van der Waals surface area contributed by atoms with E-state index in [4.69, 9.17) is 0 Å². The van der Waals surface area contributed by atoms with Gasteiger partial charge in [0.25, 0.3) is 5.91 Å². The minimum Gasteiger partial charge on any atom is -0.350 e. The molecule has 1 aliphatic rings. The zero-order valence-electron chi connectivity index (χ0n) is 18.0. The summed E-state index contributed by atoms with van der Waals surface area (Å²) in [4.78, 5) is 12.3. The van der Waals surface area contributed by atoms with Crippen LogP contribution in [0.5, 0.6) is 0 Å². The topological polar surface area (TPSA) is 77.1 Å². The summed E-state index contributed by atoms with van der Waals surface area (Å²) >= 11 is 1.42. The van der Waals surface area contributed by atoms with E-state index < -0.39 is 0 Å². The third kappa shape index (κ3) is 5.25. The fourth-order valence-corrected chi connectivity index (χ4v) is 4.68. The number of aromatic nitrogens is 4. The third-order valence-corrected chi connectivity index (χ3v) is 6.56. The molecule has 0 spiro atoms. The molecule has 0 aliphatic heterocycles. The van der Waals surface area contributed by atoms with E-state index in [1.807, 2.05) is 29.9 Å². The van der Waals surface area contributed by atoms with Crippen LogP contribution in [0, 0.1) is 6.92 Å². The number of amides is 1. The van der Waals surface area contributed by atoms with Crippen LogP contribution < -0.4 is 5.43 Å². The van der Waals surface area contributed by atoms with Crippen LogP contribution >= 0.6 is 11.8 Å². The predicted octanol–water partition coefficient (Wildman–Crippen LogP) is 4.34. The lowest BCUT2D eigenvalue weighted by Crippen LogP contribution is -2.21. The maximum atomic E-state index is 12.3. The minimum atomic E-state index is -0.162. The molecule has 1 aliphatic carbocycles. The van der Waals surface area contributed by atoms with Crippen molar-refractivity contribution in [3.8, 4) is 11.4 Å². The average Bonchev–Trinajstić information content (AvgIpc) is 3.39. The number of carbonyl (C=O) groups excluding carboxylic acids is 1. The molecule has 1 amide bonds. The number of rotatable bonds is 7. The van der Waals surface area contributed by atoms with Gasteiger partial charge in [-0.05, 0) is 31.9 Å². The lowest BCUT2D eigenvalue weighted by Gasteiger charge is -2.25. The van der Waals surface area contributed by atoms with Gasteiger partial charge in [0.05, 0.1) is 17.7 Å². The summed E-state index contributed by atoms with van der Waals surface area (Å²) in [6.45, 7) is 2.08. The van der Waals surface area contributed by atoms with Gasteiger partial charge in [0.1, 0.15) is 0 Å². The van der Waals surface area contributed by atoms with E-state index in [0.717, 1.165) is 35.1 Å². The summed E-state index contributed by atoms with van der Waals surface area (Å²) in [6.07, 6.45) is 9.53. The minimum absolute atomic E-state index is 0.162. The first-order valence-corrected chi connectivity index (χ1v) is 11.7. The van der Waals surface area contributed by atoms with Crippen molar-refractivity contribution in [1.82, 2.24) is 24.8 Å². The highest BCUT2D eigenvalue weighted by atomic mass is 32.2. The molecule has 1 fully saturated rings. The van der Waals surface area contributed by atoms with Crippen LogP contribution in [-0.4, -0.2) is 37.2 Å². The Hall–Kier alpha value is -2.87. The number of hydrogen-bond acceptors (Lipinski definition) is 5. The van der Waals surface area contributed by atoms with Crippen molar-refractivity contribution in [3.63, 3.8) is 0 Å². The number of nitrogens with one attached hydrogen (secondary N) is 1. The smallest absolute Gasteiger partial charge is 0.250 e. The van der Waals surface area contributed by atoms with Gasteiger partial charge in [0.15, 0.2) is 11.0 Å². The highest BCUT2D eigenvalue weighted by Crippen LogP contribution is 2.35. The molecule has 0 saturated heterocycles. The van der Waals surface area contributed by atoms with Gasteiger partial charge in [-0.25, -0.2) is 5.43 Å². The van der Waals surface area contributed by atoms with Gasteiger partial charge in [0, 0.05) is 24.8 Å². The molecule has 1 N–H and O–H groups in total. The highest BCUT2D eigenvalue weighted by molar-refractivity contribution is 7.99. The second-order valence-electron chi connectivity index (χ2n) is 7.96. The van der Waals surface area contributed by atoms with Gasteiger partial charge >= 0.3 is 0 Å². The molecule has 0 radical (unpaired) electrons. The Bertz CT molecular complexity index is 1050. The number of thioether (sulfide) groups is 1. The third-order valence-electron chi connectivity index (χ3n) is 5.62. The van der Waals surface area contributed by atoms with Crippen LogP contribution in [0.1, 0.15) is 49.4 Å². The number of hydrazone groups is 1. The van der Waals surface area contributed by atoms with Gasteiger partial charge in [-0.3, -0.25) is 9.36 Å². The highest BCUT2D eigenvalue weighted by Gasteiger charge is 2.24. The molecule has 2 aromatic heterocycles. The number of hydrogen-bond donors (Lipinski definition) is 1. The molecule has 7 nitrogen and oxygen atoms in total. The summed E-state index contributed by atoms with van der Waals surface area (Å²) in [5.74, 6) is 0.963. The van der Waals surface area contributed by atoms with Gasteiger partial charge in [-0.2, -0.15) is 5.10 Å². The molecule has 0 unspecified atom stereocenters. The summed E-state index contributed by atoms with van der Waals surface area (Å²) < 4.78 is 4.18. The number of nitrogens with zero attached hydrogens (tertiary/aromatic N) is 5. The van der Waals surface area contributed by atoms with Crippen molar-refractivity contribution in [1.29, 1.82) is 0 Å². The normalized spacial score (nSPS) is 14.9. The van der Waals surface area contributed by atoms with E-state index in [1.165, 1.54) is 36.6 Å². The van der Waals surface area contributed by atoms with E-state index >= 15 is 0 Å². The first-order valence-electron chi connectivity index (χ1n) is 10.7. The second-order valence-corrected chi connectivity index (χ2v) is 8.90. The van der Waals surface area contributed by atoms with Crippen molar-refractivity contribution in [2.45, 2.75) is 50.2 Å². The van der Waals surface area contributed by atoms with Crippen molar-refractivity contribution < 1.29 is 4.79 Å². The standard InChI is InChI=1S/C23H28N6OS/c1-17-10-12-18(13-11-17)22-26-27-23(29(22)19-7-4-3-5-8-19)31-16-21(30)25-24-15-20-9-6-14-28(20)2/h6,9-15,19H,3-5,7-8,16H2,1-2H3,(H,25,30)/b24-15+. The van der Waals surface area contributed by atoms with E-state index in [0.29, 0.717) is 6.04 Å². The van der Waals surface area contributed by atoms with Crippen molar-refractivity contribution in [2.75, 3.05) is 5.75 Å². The maximum Gasteiger partial charge on any atom is 0.250 e. The Kier molecular flexibility index (Phi) is 6.86. The first kappa shape index (κ1) is 21.4. The molecule has 1 saturated carbocycles. The quantitative estimate of drug-likeness (QED) is 0.340. The van der Waals surface area contributed by atoms with E-state index in [-0.39, 0.29) is 11.7 Å². The molecular formula is C23H28N6OS. The molecule has 3 aromatic rings. The van der Waals surface area contributed by atoms with Gasteiger partial charge in [-0.1, -0.05) is 60.9 Å². The van der Waals surface area contributed by atoms with E-state index in [1.54, 1.807) is 6.21 Å². The summed E-state index contributed by atoms with van der Waals surface area (Å²) in [5.41, 5.74) is 5.80. The van der Waals surface area contributed by atoms with Crippen molar-refractivity contribution in [2.24, 2.45) is 12.1 Å². The van der Waals surface area contributed by atoms with Crippen LogP contribution in [0.3, 0.4) is 0 Å².